The summed E-state index contributed by atoms with van der Waals surface area (Å²) in [6.07, 6.45) is 2.36. The molecule has 48 heavy (non-hydrogen) atoms. The van der Waals surface area contributed by atoms with Crippen molar-refractivity contribution in [2.24, 2.45) is 0 Å². The summed E-state index contributed by atoms with van der Waals surface area (Å²) in [4.78, 5) is 25.8. The number of piperidine rings is 1. The molecule has 3 atom stereocenters. The third-order valence-electron chi connectivity index (χ3n) is 9.37. The first-order valence-electron chi connectivity index (χ1n) is 16.8. The lowest BCUT2D eigenvalue weighted by Gasteiger charge is -2.41. The molecule has 11 nitrogen and oxygen atoms in total. The van der Waals surface area contributed by atoms with Gasteiger partial charge in [-0.1, -0.05) is 66.7 Å². The average molecular weight is 660 g/mol. The number of aliphatic hydroxyl groups excluding tert-OH is 1. The van der Waals surface area contributed by atoms with Crippen molar-refractivity contribution >= 4 is 11.8 Å². The van der Waals surface area contributed by atoms with Gasteiger partial charge in [-0.2, -0.15) is 0 Å². The summed E-state index contributed by atoms with van der Waals surface area (Å²) in [7, 11) is 0. The minimum Gasteiger partial charge on any atom is -0.392 e. The Morgan fingerprint density at radius 2 is 1.54 bits per heavy atom. The first kappa shape index (κ1) is 34.2. The van der Waals surface area contributed by atoms with Crippen molar-refractivity contribution in [2.45, 2.75) is 76.0 Å². The molecule has 0 radical (unpaired) electrons. The smallest absolute Gasteiger partial charge is 0.243 e. The number of benzene rings is 3. The number of carbonyl (C=O) groups excluding carboxylic acids is 2. The van der Waals surface area contributed by atoms with Crippen molar-refractivity contribution in [1.29, 1.82) is 0 Å². The molecular formula is C37H45N3O8. The van der Waals surface area contributed by atoms with Crippen LogP contribution in [0.15, 0.2) is 72.8 Å². The second-order valence-electron chi connectivity index (χ2n) is 12.7. The van der Waals surface area contributed by atoms with E-state index in [2.05, 4.69) is 28.4 Å². The second kappa shape index (κ2) is 16.1. The number of rotatable bonds is 12. The Labute approximate surface area is 281 Å². The maximum Gasteiger partial charge on any atom is 0.243 e. The maximum absolute atomic E-state index is 12.2. The van der Waals surface area contributed by atoms with Crippen molar-refractivity contribution in [3.8, 4) is 11.1 Å². The fraction of sp³-hybridized carbons (Fsp3) is 0.459. The highest BCUT2D eigenvalue weighted by molar-refractivity contribution is 5.78. The molecule has 256 valence electrons. The van der Waals surface area contributed by atoms with Crippen LogP contribution < -0.4 is 10.8 Å². The molecule has 3 aliphatic rings. The van der Waals surface area contributed by atoms with Crippen LogP contribution in [0.3, 0.4) is 0 Å². The van der Waals surface area contributed by atoms with Gasteiger partial charge in [-0.05, 0) is 40.3 Å². The van der Waals surface area contributed by atoms with Gasteiger partial charge in [-0.25, -0.2) is 5.48 Å². The number of amides is 2. The molecule has 3 fully saturated rings. The predicted octanol–water partition coefficient (Wildman–Crippen LogP) is 4.52. The molecule has 4 N–H and O–H groups in total. The van der Waals surface area contributed by atoms with Gasteiger partial charge in [0.2, 0.25) is 11.8 Å². The van der Waals surface area contributed by atoms with Gasteiger partial charge in [-0.15, -0.1) is 0 Å². The molecule has 2 amide bonds. The van der Waals surface area contributed by atoms with Gasteiger partial charge in [0.05, 0.1) is 32.0 Å². The molecule has 11 heteroatoms. The van der Waals surface area contributed by atoms with Crippen LogP contribution in [0.25, 0.3) is 11.1 Å². The van der Waals surface area contributed by atoms with Crippen LogP contribution in [0.4, 0.5) is 0 Å². The Bertz CT molecular complexity index is 1500. The van der Waals surface area contributed by atoms with Gasteiger partial charge < -0.3 is 34.3 Å². The highest BCUT2D eigenvalue weighted by Crippen LogP contribution is 2.39. The van der Waals surface area contributed by atoms with Crippen LogP contribution in [-0.4, -0.2) is 71.8 Å². The summed E-state index contributed by atoms with van der Waals surface area (Å²) in [5, 5.41) is 21.0. The number of likely N-dealkylation sites (tertiary alicyclic amines) is 1. The average Bonchev–Trinajstić information content (AvgIpc) is 3.59. The molecule has 3 saturated heterocycles. The molecule has 0 unspecified atom stereocenters. The summed E-state index contributed by atoms with van der Waals surface area (Å²) in [5.74, 6) is -1.06. The van der Waals surface area contributed by atoms with Gasteiger partial charge in [0.15, 0.2) is 12.1 Å². The van der Waals surface area contributed by atoms with E-state index in [1.165, 1.54) is 0 Å². The van der Waals surface area contributed by atoms with E-state index in [0.29, 0.717) is 26.2 Å². The molecule has 0 saturated carbocycles. The molecule has 3 aromatic carbocycles. The van der Waals surface area contributed by atoms with Crippen molar-refractivity contribution in [3.63, 3.8) is 0 Å². The predicted molar refractivity (Wildman–Crippen MR) is 176 cm³/mol. The lowest BCUT2D eigenvalue weighted by molar-refractivity contribution is -0.255. The highest BCUT2D eigenvalue weighted by atomic mass is 16.7. The largest absolute Gasteiger partial charge is 0.392 e. The molecule has 3 aliphatic heterocycles. The van der Waals surface area contributed by atoms with E-state index in [1.54, 1.807) is 5.48 Å². The van der Waals surface area contributed by atoms with Crippen LogP contribution in [-0.2, 0) is 41.7 Å². The molecule has 0 aromatic heterocycles. The Kier molecular flexibility index (Phi) is 11.5. The van der Waals surface area contributed by atoms with E-state index in [-0.39, 0.29) is 37.6 Å². The van der Waals surface area contributed by atoms with Crippen LogP contribution in [0, 0.1) is 0 Å². The topological polar surface area (TPSA) is 139 Å². The van der Waals surface area contributed by atoms with Crippen molar-refractivity contribution in [2.75, 3.05) is 32.8 Å². The zero-order chi connectivity index (χ0) is 33.3. The van der Waals surface area contributed by atoms with E-state index in [1.807, 2.05) is 54.6 Å². The second-order valence-corrected chi connectivity index (χ2v) is 12.7. The minimum absolute atomic E-state index is 0.00132. The van der Waals surface area contributed by atoms with Crippen molar-refractivity contribution < 1.29 is 38.9 Å². The molecule has 3 heterocycles. The summed E-state index contributed by atoms with van der Waals surface area (Å²) in [6.45, 7) is 4.29. The van der Waals surface area contributed by atoms with Gasteiger partial charge in [-0.3, -0.25) is 14.8 Å². The van der Waals surface area contributed by atoms with E-state index in [4.69, 9.17) is 24.2 Å². The number of nitrogens with zero attached hydrogens (tertiary/aromatic N) is 1. The normalized spacial score (nSPS) is 22.4. The van der Waals surface area contributed by atoms with Gasteiger partial charge in [0.1, 0.15) is 0 Å². The fourth-order valence-corrected chi connectivity index (χ4v) is 6.63. The van der Waals surface area contributed by atoms with Crippen molar-refractivity contribution in [3.05, 3.63) is 95.1 Å². The summed E-state index contributed by atoms with van der Waals surface area (Å²) in [6, 6.07) is 24.2. The van der Waals surface area contributed by atoms with Crippen molar-refractivity contribution in [1.82, 2.24) is 15.7 Å². The summed E-state index contributed by atoms with van der Waals surface area (Å²) < 4.78 is 25.0. The summed E-state index contributed by atoms with van der Waals surface area (Å²) in [5.41, 5.74) is 7.46. The molecule has 0 bridgehead atoms. The number of hydroxylamine groups is 1. The number of hydrogen-bond donors (Lipinski definition) is 4. The van der Waals surface area contributed by atoms with Gasteiger partial charge >= 0.3 is 0 Å². The van der Waals surface area contributed by atoms with E-state index >= 15 is 0 Å². The van der Waals surface area contributed by atoms with E-state index in [0.717, 1.165) is 72.3 Å². The Morgan fingerprint density at radius 1 is 0.833 bits per heavy atom. The highest BCUT2D eigenvalue weighted by Gasteiger charge is 2.41. The number of ether oxygens (including phenoxy) is 4. The van der Waals surface area contributed by atoms with Crippen LogP contribution in [0.1, 0.15) is 73.2 Å². The Balaban J connectivity index is 1.10. The van der Waals surface area contributed by atoms with E-state index < -0.39 is 18.0 Å². The third kappa shape index (κ3) is 8.86. The lowest BCUT2D eigenvalue weighted by Crippen LogP contribution is -2.48. The molecule has 6 rings (SSSR count). The van der Waals surface area contributed by atoms with Crippen LogP contribution in [0.5, 0.6) is 0 Å². The number of nitrogens with one attached hydrogen (secondary N) is 2. The van der Waals surface area contributed by atoms with E-state index in [9.17, 15) is 14.7 Å². The monoisotopic (exact) mass is 659 g/mol. The number of carbonyl (C=O) groups is 2. The third-order valence-corrected chi connectivity index (χ3v) is 9.37. The SMILES string of the molecule is O=C(CCCC(=O)NCc1cccc(-c2ccc([C@H]3O[C@@H](CN4CCC5(CC4)OCCO5)C[C@@H](c4ccc(CO)cc4)O3)cc2)c1)NO. The lowest BCUT2D eigenvalue weighted by atomic mass is 9.98. The quantitative estimate of drug-likeness (QED) is 0.163. The Hall–Kier alpha value is -3.68. The molecule has 3 aromatic rings. The van der Waals surface area contributed by atoms with Crippen LogP contribution >= 0.6 is 0 Å². The van der Waals surface area contributed by atoms with Gasteiger partial charge in [0.25, 0.3) is 0 Å². The first-order valence-corrected chi connectivity index (χ1v) is 16.8. The number of aliphatic hydroxyl groups is 1. The molecule has 1 spiro atoms. The molecule has 0 aliphatic carbocycles. The zero-order valence-electron chi connectivity index (χ0n) is 27.1. The molecular weight excluding hydrogens is 614 g/mol. The van der Waals surface area contributed by atoms with Gasteiger partial charge in [0, 0.05) is 63.8 Å². The fourth-order valence-electron chi connectivity index (χ4n) is 6.63. The Morgan fingerprint density at radius 3 is 2.25 bits per heavy atom. The minimum atomic E-state index is -0.539. The standard InChI is InChI=1S/C37H45N3O8/c41-25-26-7-9-29(10-8-26)33-22-32(24-40-17-15-37(16-18-40)45-19-20-46-37)47-36(48-33)30-13-11-28(12-14-30)31-4-1-3-27(21-31)23-38-34(42)5-2-6-35(43)39-44/h1,3-4,7-14,21,32-33,36,41,44H,2,5-6,15-20,22-25H2,(H,38,42)(H,39,43)/t32-,33+,36+/m1/s1. The first-order chi connectivity index (χ1) is 23.4. The summed E-state index contributed by atoms with van der Waals surface area (Å²) >= 11 is 0. The number of hydrogen-bond acceptors (Lipinski definition) is 9. The maximum atomic E-state index is 12.2. The van der Waals surface area contributed by atoms with Crippen LogP contribution in [0.2, 0.25) is 0 Å². The zero-order valence-corrected chi connectivity index (χ0v) is 27.1.